The van der Waals surface area contributed by atoms with Gasteiger partial charge < -0.3 is 19.7 Å². The summed E-state index contributed by atoms with van der Waals surface area (Å²) in [6.07, 6.45) is -1.02. The number of aryl methyl sites for hydroxylation is 1. The van der Waals surface area contributed by atoms with Crippen LogP contribution in [0.5, 0.6) is 0 Å². The van der Waals surface area contributed by atoms with E-state index in [0.29, 0.717) is 5.69 Å². The van der Waals surface area contributed by atoms with Gasteiger partial charge in [0.15, 0.2) is 5.69 Å². The lowest BCUT2D eigenvalue weighted by molar-refractivity contribution is 0.0252. The van der Waals surface area contributed by atoms with Gasteiger partial charge in [-0.3, -0.25) is 9.59 Å². The second-order valence-corrected chi connectivity index (χ2v) is 8.60. The third kappa shape index (κ3) is 5.13. The van der Waals surface area contributed by atoms with Crippen LogP contribution in [-0.4, -0.2) is 64.6 Å². The van der Waals surface area contributed by atoms with Crippen molar-refractivity contribution in [2.45, 2.75) is 45.4 Å². The highest BCUT2D eigenvalue weighted by atomic mass is 19.1. The van der Waals surface area contributed by atoms with E-state index in [1.807, 2.05) is 0 Å². The first kappa shape index (κ1) is 23.4. The van der Waals surface area contributed by atoms with E-state index in [4.69, 9.17) is 9.47 Å². The molecule has 9 nitrogen and oxygen atoms in total. The molecule has 1 aliphatic heterocycles. The number of hydrogen-bond acceptors (Lipinski definition) is 6. The van der Waals surface area contributed by atoms with Crippen molar-refractivity contribution >= 4 is 12.0 Å². The van der Waals surface area contributed by atoms with Crippen LogP contribution in [0.4, 0.5) is 9.18 Å². The molecule has 2 heterocycles. The Labute approximate surface area is 185 Å². The largest absolute Gasteiger partial charge is 0.444 e. The summed E-state index contributed by atoms with van der Waals surface area (Å²) in [4.78, 5) is 39.2. The van der Waals surface area contributed by atoms with E-state index in [9.17, 15) is 18.8 Å². The Bertz CT molecular complexity index is 1080. The number of amides is 2. The Morgan fingerprint density at radius 2 is 1.91 bits per heavy atom. The molecule has 1 aliphatic rings. The zero-order chi connectivity index (χ0) is 23.6. The molecule has 2 aromatic rings. The molecule has 0 saturated carbocycles. The number of aromatic nitrogens is 2. The maximum Gasteiger partial charge on any atom is 0.410 e. The number of benzene rings is 1. The van der Waals surface area contributed by atoms with Crippen LogP contribution in [0.2, 0.25) is 0 Å². The number of carbonyl (C=O) groups excluding carboxylic acids is 2. The predicted molar refractivity (Wildman–Crippen MR) is 114 cm³/mol. The zero-order valence-corrected chi connectivity index (χ0v) is 18.7. The monoisotopic (exact) mass is 446 g/mol. The van der Waals surface area contributed by atoms with Crippen LogP contribution in [0.3, 0.4) is 0 Å². The summed E-state index contributed by atoms with van der Waals surface area (Å²) in [6.45, 7) is 7.25. The first-order valence-electron chi connectivity index (χ1n) is 10.2. The second-order valence-electron chi connectivity index (χ2n) is 8.60. The molecule has 1 N–H and O–H groups in total. The Morgan fingerprint density at radius 1 is 1.22 bits per heavy atom. The molecule has 0 bridgehead atoms. The number of carbonyl (C=O) groups is 2. The Kier molecular flexibility index (Phi) is 6.63. The van der Waals surface area contributed by atoms with Gasteiger partial charge in [-0.15, -0.1) is 0 Å². The number of rotatable bonds is 4. The van der Waals surface area contributed by atoms with E-state index in [1.54, 1.807) is 33.8 Å². The van der Waals surface area contributed by atoms with E-state index in [0.717, 1.165) is 0 Å². The SMILES string of the molecule is CO[C@H]1CN(C(=O)OC(C)(C)C)C[C@H]1NC(=O)c1nn(-c2ccccc2F)c(C)cc1=O. The third-order valence-electron chi connectivity index (χ3n) is 4.94. The summed E-state index contributed by atoms with van der Waals surface area (Å²) in [5, 5.41) is 6.82. The van der Waals surface area contributed by atoms with Crippen molar-refractivity contribution in [3.63, 3.8) is 0 Å². The molecular formula is C22H27FN4O5. The number of ether oxygens (including phenoxy) is 2. The van der Waals surface area contributed by atoms with E-state index in [-0.39, 0.29) is 24.5 Å². The lowest BCUT2D eigenvalue weighted by atomic mass is 10.2. The highest BCUT2D eigenvalue weighted by Gasteiger charge is 2.38. The number of halogens is 1. The maximum absolute atomic E-state index is 14.2. The standard InChI is InChI=1S/C22H27FN4O5/c1-13-10-17(28)19(25-27(13)16-9-7-6-8-14(16)23)20(29)24-15-11-26(12-18(15)31-5)21(30)32-22(2,3)4/h6-10,15,18H,11-12H2,1-5H3,(H,24,29)/t15-,18+/m1/s1. The topological polar surface area (TPSA) is 103 Å². The Hall–Kier alpha value is -3.27. The maximum atomic E-state index is 14.2. The van der Waals surface area contributed by atoms with Gasteiger partial charge in [0.1, 0.15) is 17.1 Å². The van der Waals surface area contributed by atoms with Crippen molar-refractivity contribution in [3.05, 3.63) is 57.8 Å². The van der Waals surface area contributed by atoms with Gasteiger partial charge in [-0.1, -0.05) is 12.1 Å². The lowest BCUT2D eigenvalue weighted by Crippen LogP contribution is -2.45. The number of nitrogens with one attached hydrogen (secondary N) is 1. The molecule has 1 saturated heterocycles. The number of methoxy groups -OCH3 is 1. The molecule has 3 rings (SSSR count). The molecule has 1 aromatic carbocycles. The minimum absolute atomic E-state index is 0.116. The average molecular weight is 446 g/mol. The first-order chi connectivity index (χ1) is 15.0. The number of hydrogen-bond donors (Lipinski definition) is 1. The molecule has 10 heteroatoms. The molecular weight excluding hydrogens is 419 g/mol. The average Bonchev–Trinajstić information content (AvgIpc) is 3.10. The summed E-state index contributed by atoms with van der Waals surface area (Å²) in [5.74, 6) is -1.28. The fraction of sp³-hybridized carbons (Fsp3) is 0.455. The second kappa shape index (κ2) is 9.07. The summed E-state index contributed by atoms with van der Waals surface area (Å²) in [7, 11) is 1.47. The molecule has 0 unspecified atom stereocenters. The van der Waals surface area contributed by atoms with Crippen molar-refractivity contribution in [1.29, 1.82) is 0 Å². The van der Waals surface area contributed by atoms with Gasteiger partial charge in [0, 0.05) is 25.4 Å². The summed E-state index contributed by atoms with van der Waals surface area (Å²) in [6, 6.07) is 6.57. The smallest absolute Gasteiger partial charge is 0.410 e. The minimum Gasteiger partial charge on any atom is -0.444 e. The predicted octanol–water partition coefficient (Wildman–Crippen LogP) is 2.04. The van der Waals surface area contributed by atoms with Gasteiger partial charge in [0.2, 0.25) is 5.43 Å². The number of para-hydroxylation sites is 1. The Morgan fingerprint density at radius 3 is 2.53 bits per heavy atom. The van der Waals surface area contributed by atoms with Gasteiger partial charge in [-0.2, -0.15) is 5.10 Å². The summed E-state index contributed by atoms with van der Waals surface area (Å²) in [5.41, 5.74) is -1.15. The van der Waals surface area contributed by atoms with Crippen molar-refractivity contribution in [2.75, 3.05) is 20.2 Å². The van der Waals surface area contributed by atoms with Gasteiger partial charge in [0.05, 0.1) is 18.7 Å². The van der Waals surface area contributed by atoms with E-state index < -0.39 is 41.0 Å². The van der Waals surface area contributed by atoms with Crippen LogP contribution in [0.25, 0.3) is 5.69 Å². The molecule has 0 spiro atoms. The van der Waals surface area contributed by atoms with E-state index in [1.165, 1.54) is 41.0 Å². The quantitative estimate of drug-likeness (QED) is 0.771. The normalized spacial score (nSPS) is 18.5. The van der Waals surface area contributed by atoms with E-state index in [2.05, 4.69) is 10.4 Å². The van der Waals surface area contributed by atoms with Crippen LogP contribution in [0, 0.1) is 12.7 Å². The van der Waals surface area contributed by atoms with Crippen LogP contribution in [-0.2, 0) is 9.47 Å². The molecule has 2 atom stereocenters. The van der Waals surface area contributed by atoms with Crippen LogP contribution in [0.1, 0.15) is 37.0 Å². The van der Waals surface area contributed by atoms with Crippen LogP contribution < -0.4 is 10.7 Å². The fourth-order valence-electron chi connectivity index (χ4n) is 3.44. The van der Waals surface area contributed by atoms with Crippen molar-refractivity contribution < 1.29 is 23.5 Å². The fourth-order valence-corrected chi connectivity index (χ4v) is 3.44. The van der Waals surface area contributed by atoms with Crippen LogP contribution >= 0.6 is 0 Å². The molecule has 172 valence electrons. The van der Waals surface area contributed by atoms with Gasteiger partial charge in [0.25, 0.3) is 5.91 Å². The van der Waals surface area contributed by atoms with Gasteiger partial charge >= 0.3 is 6.09 Å². The minimum atomic E-state index is -0.738. The van der Waals surface area contributed by atoms with Crippen molar-refractivity contribution in [2.24, 2.45) is 0 Å². The van der Waals surface area contributed by atoms with E-state index >= 15 is 0 Å². The number of nitrogens with zero attached hydrogens (tertiary/aromatic N) is 3. The van der Waals surface area contributed by atoms with Crippen LogP contribution in [0.15, 0.2) is 35.1 Å². The highest BCUT2D eigenvalue weighted by molar-refractivity contribution is 5.92. The molecule has 2 amide bonds. The first-order valence-corrected chi connectivity index (χ1v) is 10.2. The molecule has 1 fully saturated rings. The summed E-state index contributed by atoms with van der Waals surface area (Å²) < 4.78 is 26.2. The molecule has 0 radical (unpaired) electrons. The number of likely N-dealkylation sites (tertiary alicyclic amines) is 1. The van der Waals surface area contributed by atoms with Crippen molar-refractivity contribution in [1.82, 2.24) is 20.0 Å². The molecule has 0 aliphatic carbocycles. The molecule has 32 heavy (non-hydrogen) atoms. The lowest BCUT2D eigenvalue weighted by Gasteiger charge is -2.24. The summed E-state index contributed by atoms with van der Waals surface area (Å²) >= 11 is 0. The van der Waals surface area contributed by atoms with Gasteiger partial charge in [-0.05, 0) is 39.8 Å². The molecule has 1 aromatic heterocycles. The highest BCUT2D eigenvalue weighted by Crippen LogP contribution is 2.18. The van der Waals surface area contributed by atoms with Gasteiger partial charge in [-0.25, -0.2) is 13.9 Å². The zero-order valence-electron chi connectivity index (χ0n) is 18.7. The third-order valence-corrected chi connectivity index (χ3v) is 4.94. The van der Waals surface area contributed by atoms with Crippen molar-refractivity contribution in [3.8, 4) is 5.69 Å². The Balaban J connectivity index is 1.82.